The third-order valence-corrected chi connectivity index (χ3v) is 3.22. The lowest BCUT2D eigenvalue weighted by Gasteiger charge is -2.35. The average molecular weight is 248 g/mol. The van der Waals surface area contributed by atoms with Gasteiger partial charge in [-0.15, -0.1) is 0 Å². The Morgan fingerprint density at radius 3 is 1.83 bits per heavy atom. The van der Waals surface area contributed by atoms with Crippen LogP contribution in [0, 0.1) is 6.92 Å². The minimum atomic E-state index is 1.16. The number of benzene rings is 1. The van der Waals surface area contributed by atoms with Crippen molar-refractivity contribution in [3.05, 3.63) is 29.8 Å². The molecule has 1 aliphatic rings. The van der Waals surface area contributed by atoms with Crippen molar-refractivity contribution in [3.8, 4) is 0 Å². The molecule has 0 radical (unpaired) electrons. The van der Waals surface area contributed by atoms with Gasteiger partial charge in [0, 0.05) is 31.9 Å². The lowest BCUT2D eigenvalue weighted by atomic mass is 10.2. The van der Waals surface area contributed by atoms with E-state index in [0.717, 1.165) is 13.1 Å². The van der Waals surface area contributed by atoms with Crippen LogP contribution in [0.25, 0.3) is 0 Å². The van der Waals surface area contributed by atoms with Crippen molar-refractivity contribution in [2.45, 2.75) is 34.1 Å². The van der Waals surface area contributed by atoms with Crippen LogP contribution in [-0.4, -0.2) is 37.6 Å². The van der Waals surface area contributed by atoms with E-state index < -0.39 is 0 Å². The van der Waals surface area contributed by atoms with Gasteiger partial charge in [-0.05, 0) is 25.6 Å². The summed E-state index contributed by atoms with van der Waals surface area (Å²) in [5.41, 5.74) is 2.71. The summed E-state index contributed by atoms with van der Waals surface area (Å²) in [6.07, 6.45) is 1.25. The zero-order valence-electron chi connectivity index (χ0n) is 12.4. The molecule has 0 unspecified atom stereocenters. The number of rotatable bonds is 2. The minimum Gasteiger partial charge on any atom is -0.369 e. The molecule has 2 nitrogen and oxygen atoms in total. The highest BCUT2D eigenvalue weighted by Gasteiger charge is 2.15. The summed E-state index contributed by atoms with van der Waals surface area (Å²) >= 11 is 0. The molecule has 1 saturated heterocycles. The summed E-state index contributed by atoms with van der Waals surface area (Å²) in [4.78, 5) is 4.98. The number of hydrogen-bond donors (Lipinski definition) is 0. The van der Waals surface area contributed by atoms with Crippen molar-refractivity contribution in [2.75, 3.05) is 37.6 Å². The topological polar surface area (TPSA) is 6.48 Å². The standard InChI is InChI=1S/C13H20N2.C3H8/c1-3-14-8-10-15(11-9-14)13-6-4-12(2)5-7-13;1-3-2/h4-7H,3,8-11H2,1-2H3;3H2,1-2H3. The molecule has 2 rings (SSSR count). The molecule has 1 aliphatic heterocycles. The predicted octanol–water partition coefficient (Wildman–Crippen LogP) is 3.55. The molecule has 1 heterocycles. The maximum absolute atomic E-state index is 2.50. The summed E-state index contributed by atoms with van der Waals surface area (Å²) in [7, 11) is 0. The maximum Gasteiger partial charge on any atom is 0.0367 e. The summed E-state index contributed by atoms with van der Waals surface area (Å²) in [5, 5.41) is 0. The van der Waals surface area contributed by atoms with Crippen molar-refractivity contribution in [1.82, 2.24) is 4.90 Å². The number of aryl methyl sites for hydroxylation is 1. The van der Waals surface area contributed by atoms with E-state index in [4.69, 9.17) is 0 Å². The van der Waals surface area contributed by atoms with Crippen molar-refractivity contribution in [3.63, 3.8) is 0 Å². The monoisotopic (exact) mass is 248 g/mol. The molecule has 1 aromatic rings. The average Bonchev–Trinajstić information content (AvgIpc) is 2.41. The highest BCUT2D eigenvalue weighted by molar-refractivity contribution is 5.47. The van der Waals surface area contributed by atoms with Gasteiger partial charge < -0.3 is 9.80 Å². The molecule has 0 bridgehead atoms. The van der Waals surface area contributed by atoms with E-state index in [1.54, 1.807) is 0 Å². The van der Waals surface area contributed by atoms with Gasteiger partial charge in [0.15, 0.2) is 0 Å². The molecule has 1 fully saturated rings. The molecule has 0 aliphatic carbocycles. The van der Waals surface area contributed by atoms with Crippen molar-refractivity contribution < 1.29 is 0 Å². The number of nitrogens with zero attached hydrogens (tertiary/aromatic N) is 2. The van der Waals surface area contributed by atoms with Gasteiger partial charge in [0.25, 0.3) is 0 Å². The lowest BCUT2D eigenvalue weighted by molar-refractivity contribution is 0.271. The fourth-order valence-electron chi connectivity index (χ4n) is 2.08. The molecule has 1 aromatic carbocycles. The van der Waals surface area contributed by atoms with Crippen LogP contribution in [-0.2, 0) is 0 Å². The lowest BCUT2D eigenvalue weighted by Crippen LogP contribution is -2.46. The Morgan fingerprint density at radius 2 is 1.39 bits per heavy atom. The van der Waals surface area contributed by atoms with Gasteiger partial charge in [0.1, 0.15) is 0 Å². The van der Waals surface area contributed by atoms with Gasteiger partial charge in [0.05, 0.1) is 0 Å². The highest BCUT2D eigenvalue weighted by Crippen LogP contribution is 2.16. The molecule has 18 heavy (non-hydrogen) atoms. The van der Waals surface area contributed by atoms with E-state index in [-0.39, 0.29) is 0 Å². The Labute approximate surface area is 113 Å². The fraction of sp³-hybridized carbons (Fsp3) is 0.625. The Bertz CT molecular complexity index is 310. The van der Waals surface area contributed by atoms with Crippen LogP contribution in [0.1, 0.15) is 32.8 Å². The SMILES string of the molecule is CCC.CCN1CCN(c2ccc(C)cc2)CC1. The molecule has 0 saturated carbocycles. The third-order valence-electron chi connectivity index (χ3n) is 3.22. The van der Waals surface area contributed by atoms with Crippen LogP contribution in [0.2, 0.25) is 0 Å². The molecule has 2 heteroatoms. The molecule has 0 spiro atoms. The van der Waals surface area contributed by atoms with Gasteiger partial charge in [0.2, 0.25) is 0 Å². The quantitative estimate of drug-likeness (QED) is 0.789. The molecule has 0 N–H and O–H groups in total. The molecule has 0 amide bonds. The molecule has 102 valence electrons. The zero-order chi connectivity index (χ0) is 13.4. The Balaban J connectivity index is 0.000000492. The predicted molar refractivity (Wildman–Crippen MR) is 81.5 cm³/mol. The van der Waals surface area contributed by atoms with Gasteiger partial charge in [-0.2, -0.15) is 0 Å². The van der Waals surface area contributed by atoms with Crippen LogP contribution in [0.3, 0.4) is 0 Å². The van der Waals surface area contributed by atoms with E-state index in [1.807, 2.05) is 0 Å². The summed E-state index contributed by atoms with van der Waals surface area (Å²) < 4.78 is 0. The van der Waals surface area contributed by atoms with Crippen molar-refractivity contribution >= 4 is 5.69 Å². The number of piperazine rings is 1. The van der Waals surface area contributed by atoms with Gasteiger partial charge in [-0.3, -0.25) is 0 Å². The van der Waals surface area contributed by atoms with E-state index in [2.05, 4.69) is 61.8 Å². The first-order chi connectivity index (χ1) is 8.71. The zero-order valence-corrected chi connectivity index (χ0v) is 12.4. The van der Waals surface area contributed by atoms with Gasteiger partial charge in [-0.1, -0.05) is 44.9 Å². The highest BCUT2D eigenvalue weighted by atomic mass is 15.3. The smallest absolute Gasteiger partial charge is 0.0367 e. The van der Waals surface area contributed by atoms with E-state index in [9.17, 15) is 0 Å². The summed E-state index contributed by atoms with van der Waals surface area (Å²) in [6.45, 7) is 14.5. The normalized spacial score (nSPS) is 16.1. The molecular weight excluding hydrogens is 220 g/mol. The van der Waals surface area contributed by atoms with Crippen LogP contribution >= 0.6 is 0 Å². The van der Waals surface area contributed by atoms with E-state index in [0.29, 0.717) is 0 Å². The van der Waals surface area contributed by atoms with Crippen LogP contribution < -0.4 is 4.90 Å². The summed E-state index contributed by atoms with van der Waals surface area (Å²) in [6, 6.07) is 8.86. The van der Waals surface area contributed by atoms with E-state index in [1.165, 1.54) is 37.3 Å². The second-order valence-corrected chi connectivity index (χ2v) is 4.96. The Morgan fingerprint density at radius 1 is 0.889 bits per heavy atom. The van der Waals surface area contributed by atoms with Gasteiger partial charge in [-0.25, -0.2) is 0 Å². The molecular formula is C16H28N2. The number of hydrogen-bond acceptors (Lipinski definition) is 2. The maximum atomic E-state index is 2.50. The van der Waals surface area contributed by atoms with Crippen LogP contribution in [0.4, 0.5) is 5.69 Å². The van der Waals surface area contributed by atoms with Crippen molar-refractivity contribution in [2.24, 2.45) is 0 Å². The minimum absolute atomic E-state index is 1.16. The second kappa shape index (κ2) is 8.15. The summed E-state index contributed by atoms with van der Waals surface area (Å²) in [5.74, 6) is 0. The number of likely N-dealkylation sites (N-methyl/N-ethyl adjacent to an activating group) is 1. The Hall–Kier alpha value is -1.02. The van der Waals surface area contributed by atoms with Gasteiger partial charge >= 0.3 is 0 Å². The first-order valence-corrected chi connectivity index (χ1v) is 7.25. The fourth-order valence-corrected chi connectivity index (χ4v) is 2.08. The largest absolute Gasteiger partial charge is 0.369 e. The molecule has 0 aromatic heterocycles. The molecule has 0 atom stereocenters. The van der Waals surface area contributed by atoms with Crippen LogP contribution in [0.15, 0.2) is 24.3 Å². The van der Waals surface area contributed by atoms with Crippen molar-refractivity contribution in [1.29, 1.82) is 0 Å². The third kappa shape index (κ3) is 4.69. The first-order valence-electron chi connectivity index (χ1n) is 7.25. The second-order valence-electron chi connectivity index (χ2n) is 4.96. The van der Waals surface area contributed by atoms with E-state index >= 15 is 0 Å². The number of anilines is 1. The first kappa shape index (κ1) is 15.0. The Kier molecular flexibility index (Phi) is 6.81. The van der Waals surface area contributed by atoms with Crippen LogP contribution in [0.5, 0.6) is 0 Å².